The van der Waals surface area contributed by atoms with E-state index < -0.39 is 13.1 Å². The number of nitrogens with zero attached hydrogens (tertiary/aromatic N) is 1. The summed E-state index contributed by atoms with van der Waals surface area (Å²) in [6.07, 6.45) is 0. The van der Waals surface area contributed by atoms with Crippen molar-refractivity contribution in [3.8, 4) is 5.75 Å². The van der Waals surface area contributed by atoms with Crippen LogP contribution in [0.25, 0.3) is 10.2 Å². The standard InChI is InChI=1S/C7H6BFN2O3S/c9-3-1-2-4(14-8(12)13)5-6(3)15-7(10)11-5/h1-2,12-13H,(H2,10,11). The first-order valence-corrected chi connectivity index (χ1v) is 4.77. The predicted molar refractivity (Wildman–Crippen MR) is 54.8 cm³/mol. The van der Waals surface area contributed by atoms with Crippen molar-refractivity contribution in [2.24, 2.45) is 0 Å². The summed E-state index contributed by atoms with van der Waals surface area (Å²) in [6, 6.07) is 2.41. The van der Waals surface area contributed by atoms with Crippen LogP contribution in [0.2, 0.25) is 0 Å². The second-order valence-electron chi connectivity index (χ2n) is 2.72. The van der Waals surface area contributed by atoms with Gasteiger partial charge in [-0.15, -0.1) is 0 Å². The highest BCUT2D eigenvalue weighted by molar-refractivity contribution is 7.22. The number of rotatable bonds is 2. The van der Waals surface area contributed by atoms with Crippen molar-refractivity contribution in [1.29, 1.82) is 0 Å². The van der Waals surface area contributed by atoms with Gasteiger partial charge >= 0.3 is 7.32 Å². The van der Waals surface area contributed by atoms with Crippen molar-refractivity contribution >= 4 is 34.0 Å². The fourth-order valence-electron chi connectivity index (χ4n) is 1.18. The van der Waals surface area contributed by atoms with Crippen LogP contribution in [0.3, 0.4) is 0 Å². The van der Waals surface area contributed by atoms with E-state index in [1.807, 2.05) is 0 Å². The van der Waals surface area contributed by atoms with Gasteiger partial charge in [0.2, 0.25) is 0 Å². The van der Waals surface area contributed by atoms with E-state index in [0.29, 0.717) is 0 Å². The van der Waals surface area contributed by atoms with E-state index in [1.165, 1.54) is 6.07 Å². The van der Waals surface area contributed by atoms with E-state index in [4.69, 9.17) is 15.8 Å². The number of anilines is 1. The SMILES string of the molecule is Nc1nc2c(OB(O)O)ccc(F)c2s1. The van der Waals surface area contributed by atoms with Gasteiger partial charge < -0.3 is 20.4 Å². The molecule has 0 saturated carbocycles. The van der Waals surface area contributed by atoms with Gasteiger partial charge in [-0.3, -0.25) is 0 Å². The summed E-state index contributed by atoms with van der Waals surface area (Å²) in [4.78, 5) is 3.84. The third-order valence-electron chi connectivity index (χ3n) is 1.71. The normalized spacial score (nSPS) is 10.6. The highest BCUT2D eigenvalue weighted by Crippen LogP contribution is 2.33. The lowest BCUT2D eigenvalue weighted by Gasteiger charge is -2.04. The third kappa shape index (κ3) is 1.87. The molecular formula is C7H6BFN2O3S. The fourth-order valence-corrected chi connectivity index (χ4v) is 1.93. The van der Waals surface area contributed by atoms with Crippen molar-refractivity contribution in [1.82, 2.24) is 4.98 Å². The number of nitrogens with two attached hydrogens (primary N) is 1. The molecule has 0 radical (unpaired) electrons. The van der Waals surface area contributed by atoms with Gasteiger partial charge in [0.1, 0.15) is 17.1 Å². The van der Waals surface area contributed by atoms with Crippen molar-refractivity contribution in [3.63, 3.8) is 0 Å². The van der Waals surface area contributed by atoms with E-state index in [9.17, 15) is 4.39 Å². The van der Waals surface area contributed by atoms with Gasteiger partial charge in [-0.05, 0) is 12.1 Å². The van der Waals surface area contributed by atoms with E-state index in [0.717, 1.165) is 17.4 Å². The summed E-state index contributed by atoms with van der Waals surface area (Å²) in [7, 11) is -1.97. The summed E-state index contributed by atoms with van der Waals surface area (Å²) in [6.45, 7) is 0. The molecule has 0 saturated heterocycles. The maximum atomic E-state index is 13.3. The third-order valence-corrected chi connectivity index (χ3v) is 2.60. The zero-order chi connectivity index (χ0) is 11.0. The molecule has 1 heterocycles. The van der Waals surface area contributed by atoms with Crippen LogP contribution in [0.1, 0.15) is 0 Å². The van der Waals surface area contributed by atoms with Crippen LogP contribution in [0.4, 0.5) is 9.52 Å². The molecule has 0 aliphatic heterocycles. The minimum Gasteiger partial charge on any atom is -0.510 e. The Labute approximate surface area is 88.1 Å². The van der Waals surface area contributed by atoms with Crippen LogP contribution in [0, 0.1) is 5.82 Å². The van der Waals surface area contributed by atoms with E-state index >= 15 is 0 Å². The van der Waals surface area contributed by atoms with Crippen molar-refractivity contribution < 1.29 is 19.1 Å². The first kappa shape index (κ1) is 10.2. The Morgan fingerprint density at radius 2 is 2.20 bits per heavy atom. The van der Waals surface area contributed by atoms with Crippen LogP contribution in [-0.2, 0) is 0 Å². The predicted octanol–water partition coefficient (Wildman–Crippen LogP) is 0.366. The molecule has 0 unspecified atom stereocenters. The fraction of sp³-hybridized carbons (Fsp3) is 0. The average molecular weight is 228 g/mol. The van der Waals surface area contributed by atoms with Crippen LogP contribution in [0.5, 0.6) is 5.75 Å². The molecule has 2 rings (SSSR count). The number of benzene rings is 1. The molecule has 4 N–H and O–H groups in total. The van der Waals surface area contributed by atoms with Crippen molar-refractivity contribution in [2.75, 3.05) is 5.73 Å². The van der Waals surface area contributed by atoms with Gasteiger partial charge in [0.15, 0.2) is 5.13 Å². The molecule has 1 aromatic carbocycles. The molecule has 0 fully saturated rings. The van der Waals surface area contributed by atoms with Crippen LogP contribution >= 0.6 is 11.3 Å². The van der Waals surface area contributed by atoms with Crippen LogP contribution in [-0.4, -0.2) is 22.4 Å². The molecule has 78 valence electrons. The number of aromatic nitrogens is 1. The lowest BCUT2D eigenvalue weighted by Crippen LogP contribution is -2.20. The molecular weight excluding hydrogens is 222 g/mol. The lowest BCUT2D eigenvalue weighted by atomic mass is 10.2. The van der Waals surface area contributed by atoms with Crippen LogP contribution in [0.15, 0.2) is 12.1 Å². The zero-order valence-electron chi connectivity index (χ0n) is 7.35. The van der Waals surface area contributed by atoms with Crippen molar-refractivity contribution in [3.05, 3.63) is 17.9 Å². The molecule has 0 aliphatic rings. The summed E-state index contributed by atoms with van der Waals surface area (Å²) < 4.78 is 18.1. The molecule has 5 nitrogen and oxygen atoms in total. The number of hydrogen-bond acceptors (Lipinski definition) is 6. The molecule has 1 aromatic heterocycles. The lowest BCUT2D eigenvalue weighted by molar-refractivity contribution is 0.289. The van der Waals surface area contributed by atoms with E-state index in [2.05, 4.69) is 9.64 Å². The number of thiazole rings is 1. The van der Waals surface area contributed by atoms with Crippen molar-refractivity contribution in [2.45, 2.75) is 0 Å². The van der Waals surface area contributed by atoms with Gasteiger partial charge in [0, 0.05) is 0 Å². The number of hydrogen-bond donors (Lipinski definition) is 3. The molecule has 0 amide bonds. The quantitative estimate of drug-likeness (QED) is 0.646. The molecule has 2 aromatic rings. The topological polar surface area (TPSA) is 88.6 Å². The molecule has 0 aliphatic carbocycles. The maximum absolute atomic E-state index is 13.3. The summed E-state index contributed by atoms with van der Waals surface area (Å²) >= 11 is 0.968. The Morgan fingerprint density at radius 3 is 2.87 bits per heavy atom. The number of nitrogen functional groups attached to an aromatic ring is 1. The molecule has 15 heavy (non-hydrogen) atoms. The van der Waals surface area contributed by atoms with Gasteiger partial charge in [-0.25, -0.2) is 9.37 Å². The first-order chi connectivity index (χ1) is 7.08. The van der Waals surface area contributed by atoms with Gasteiger partial charge in [-0.2, -0.15) is 0 Å². The average Bonchev–Trinajstić information content (AvgIpc) is 2.52. The number of fused-ring (bicyclic) bond motifs is 1. The largest absolute Gasteiger partial charge is 0.707 e. The minimum atomic E-state index is -1.97. The summed E-state index contributed by atoms with van der Waals surface area (Å²) in [5, 5.41) is 17.4. The summed E-state index contributed by atoms with van der Waals surface area (Å²) in [5.41, 5.74) is 5.61. The van der Waals surface area contributed by atoms with Gasteiger partial charge in [0.25, 0.3) is 0 Å². The zero-order valence-corrected chi connectivity index (χ0v) is 8.16. The molecule has 0 atom stereocenters. The monoisotopic (exact) mass is 228 g/mol. The molecule has 0 spiro atoms. The second kappa shape index (κ2) is 3.65. The maximum Gasteiger partial charge on any atom is 0.707 e. The van der Waals surface area contributed by atoms with Gasteiger partial charge in [0.05, 0.1) is 4.70 Å². The van der Waals surface area contributed by atoms with Crippen LogP contribution < -0.4 is 10.4 Å². The Morgan fingerprint density at radius 1 is 1.47 bits per heavy atom. The molecule has 0 bridgehead atoms. The highest BCUT2D eigenvalue weighted by Gasteiger charge is 2.17. The Bertz CT molecular complexity index is 504. The Kier molecular flexibility index (Phi) is 2.47. The first-order valence-electron chi connectivity index (χ1n) is 3.95. The van der Waals surface area contributed by atoms with E-state index in [-0.39, 0.29) is 21.1 Å². The Hall–Kier alpha value is -1.38. The summed E-state index contributed by atoms with van der Waals surface area (Å²) in [5.74, 6) is -0.395. The second-order valence-corrected chi connectivity index (χ2v) is 3.75. The van der Waals surface area contributed by atoms with Gasteiger partial charge in [-0.1, -0.05) is 11.3 Å². The highest BCUT2D eigenvalue weighted by atomic mass is 32.1. The molecule has 8 heteroatoms. The van der Waals surface area contributed by atoms with E-state index in [1.54, 1.807) is 0 Å². The smallest absolute Gasteiger partial charge is 0.510 e. The minimum absolute atomic E-state index is 0.0781. The number of halogens is 1. The Balaban J connectivity index is 2.60.